The molecule has 0 atom stereocenters. The minimum atomic E-state index is -5.24. The molecule has 0 aromatic heterocycles. The molecule has 0 amide bonds. The van der Waals surface area contributed by atoms with Gasteiger partial charge < -0.3 is 20.3 Å². The van der Waals surface area contributed by atoms with Gasteiger partial charge in [-0.15, -0.1) is 25.6 Å². The summed E-state index contributed by atoms with van der Waals surface area (Å²) in [4.78, 5) is -2.99. The molecule has 7 aromatic rings. The first-order valence-electron chi connectivity index (χ1n) is 19.0. The molecule has 7 aromatic carbocycles. The van der Waals surface area contributed by atoms with Crippen molar-refractivity contribution in [3.8, 4) is 11.5 Å². The van der Waals surface area contributed by atoms with Crippen LogP contribution in [0.25, 0.3) is 32.3 Å². The lowest BCUT2D eigenvalue weighted by Gasteiger charge is -2.11. The van der Waals surface area contributed by atoms with Gasteiger partial charge in [-0.05, 0) is 102 Å². The second-order valence-corrected chi connectivity index (χ2v) is 19.8. The van der Waals surface area contributed by atoms with E-state index in [0.29, 0.717) is 22.6 Å². The Morgan fingerprint density at radius 2 is 1.01 bits per heavy atom. The zero-order valence-corrected chi connectivity index (χ0v) is 37.7. The van der Waals surface area contributed by atoms with E-state index in [1.54, 1.807) is 24.3 Å². The molecule has 0 aliphatic carbocycles. The summed E-state index contributed by atoms with van der Waals surface area (Å²) in [6.45, 7) is 7.71. The number of allylic oxidation sites excluding steroid dienone is 1. The van der Waals surface area contributed by atoms with Crippen molar-refractivity contribution in [2.45, 2.75) is 19.6 Å². The molecule has 22 nitrogen and oxygen atoms in total. The second kappa shape index (κ2) is 18.6. The van der Waals surface area contributed by atoms with E-state index >= 15 is 0 Å². The van der Waals surface area contributed by atoms with Gasteiger partial charge in [0.2, 0.25) is 0 Å². The van der Waals surface area contributed by atoms with Crippen molar-refractivity contribution in [3.63, 3.8) is 0 Å². The van der Waals surface area contributed by atoms with Gasteiger partial charge in [-0.2, -0.15) is 38.8 Å². The number of fused-ring (bicyclic) bond motifs is 3. The number of hydrogen-bond donors (Lipinski definition) is 6. The van der Waals surface area contributed by atoms with E-state index in [9.17, 15) is 57.0 Å². The van der Waals surface area contributed by atoms with Gasteiger partial charge in [0.05, 0.1) is 43.9 Å². The van der Waals surface area contributed by atoms with Crippen LogP contribution in [0, 0.1) is 0 Å². The summed E-state index contributed by atoms with van der Waals surface area (Å²) >= 11 is 0. The third-order valence-electron chi connectivity index (χ3n) is 9.72. The van der Waals surface area contributed by atoms with E-state index in [0.717, 1.165) is 42.5 Å². The monoisotopic (exact) mass is 1000 g/mol. The van der Waals surface area contributed by atoms with E-state index < -0.39 is 77.2 Å². The second-order valence-electron chi connectivity index (χ2n) is 14.2. The van der Waals surface area contributed by atoms with Crippen LogP contribution < -0.4 is 10.5 Å². The van der Waals surface area contributed by atoms with Gasteiger partial charge in [0.15, 0.2) is 5.75 Å². The number of nitrogens with two attached hydrogens (primary N) is 1. The van der Waals surface area contributed by atoms with Gasteiger partial charge in [-0.3, -0.25) is 18.2 Å². The standard InChI is InChI=1S/C42H33N7O15S4/c1-3-23(2)63-16-17-64-26-6-4-25(5-7-26)44-45-35-12-14-37(32-20-27(65(51,52)53)8-10-29(32)35)47-46-36-13-15-38(33-21-28(66(54,55)56)9-11-30(33)36)48-49-41-40(68(60,61)62)19-24-18-39(67(57,58)59)34(43)22-31(24)42(41)50/h3-15,18-22,50H,1-2,16-17,43H2,(H,51,52,53)(H,54,55,56)(H,57,58,59)(H,60,61,62). The number of anilines is 1. The maximum Gasteiger partial charge on any atom is 0.296 e. The zero-order valence-electron chi connectivity index (χ0n) is 34.4. The van der Waals surface area contributed by atoms with Crippen molar-refractivity contribution < 1.29 is 66.5 Å². The molecule has 0 saturated heterocycles. The number of benzene rings is 7. The summed E-state index contributed by atoms with van der Waals surface area (Å²) in [6, 6.07) is 21.4. The van der Waals surface area contributed by atoms with Crippen molar-refractivity contribution in [1.82, 2.24) is 0 Å². The van der Waals surface area contributed by atoms with Crippen LogP contribution in [-0.4, -0.2) is 70.2 Å². The number of rotatable bonds is 16. The first-order chi connectivity index (χ1) is 31.9. The number of hydrogen-bond acceptors (Lipinski definition) is 18. The molecule has 7 N–H and O–H groups in total. The Labute approximate surface area is 386 Å². The van der Waals surface area contributed by atoms with Crippen LogP contribution in [0.3, 0.4) is 0 Å². The SMILES string of the molecule is C=CC(=C)OCCOc1ccc(N=Nc2ccc(N=Nc3ccc(N=Nc4c(S(=O)(=O)O)cc5cc(S(=O)(=O)O)c(N)cc5c4O)c4cc(S(=O)(=O)O)ccc34)c3cc(S(=O)(=O)O)ccc23)cc1. The van der Waals surface area contributed by atoms with Gasteiger partial charge >= 0.3 is 0 Å². The Kier molecular flexibility index (Phi) is 13.2. The van der Waals surface area contributed by atoms with Crippen LogP contribution in [0.1, 0.15) is 0 Å². The van der Waals surface area contributed by atoms with E-state index in [-0.39, 0.29) is 62.9 Å². The Bertz CT molecular complexity index is 3810. The number of nitrogen functional groups attached to an aromatic ring is 1. The van der Waals surface area contributed by atoms with Crippen LogP contribution in [0.15, 0.2) is 178 Å². The highest BCUT2D eigenvalue weighted by atomic mass is 32.2. The molecule has 0 aliphatic heterocycles. The van der Waals surface area contributed by atoms with Gasteiger partial charge in [0.25, 0.3) is 40.5 Å². The Morgan fingerprint density at radius 1 is 0.544 bits per heavy atom. The van der Waals surface area contributed by atoms with Crippen molar-refractivity contribution in [2.24, 2.45) is 30.7 Å². The summed E-state index contributed by atoms with van der Waals surface area (Å²) in [6.07, 6.45) is 1.47. The minimum Gasteiger partial charge on any atom is -0.505 e. The summed E-state index contributed by atoms with van der Waals surface area (Å²) in [5.41, 5.74) is 4.94. The quantitative estimate of drug-likeness (QED) is 0.0131. The molecular formula is C42H33N7O15S4. The predicted molar refractivity (Wildman–Crippen MR) is 247 cm³/mol. The summed E-state index contributed by atoms with van der Waals surface area (Å²) in [7, 11) is -19.7. The van der Waals surface area contributed by atoms with Crippen molar-refractivity contribution in [1.29, 1.82) is 0 Å². The van der Waals surface area contributed by atoms with Crippen LogP contribution >= 0.6 is 0 Å². The number of azo groups is 3. The predicted octanol–water partition coefficient (Wildman–Crippen LogP) is 9.76. The molecule has 0 radical (unpaired) electrons. The highest BCUT2D eigenvalue weighted by Crippen LogP contribution is 2.45. The third-order valence-corrected chi connectivity index (χ3v) is 13.2. The summed E-state index contributed by atoms with van der Waals surface area (Å²) in [5.74, 6) is -0.00938. The normalized spacial score (nSPS) is 12.8. The van der Waals surface area contributed by atoms with Gasteiger partial charge in [-0.25, -0.2) is 0 Å². The number of phenols is 1. The molecule has 68 heavy (non-hydrogen) atoms. The number of aromatic hydroxyl groups is 1. The van der Waals surface area contributed by atoms with E-state index in [2.05, 4.69) is 43.8 Å². The Balaban J connectivity index is 1.28. The molecule has 0 bridgehead atoms. The molecule has 0 heterocycles. The average Bonchev–Trinajstić information content (AvgIpc) is 3.27. The van der Waals surface area contributed by atoms with E-state index in [1.165, 1.54) is 42.5 Å². The fourth-order valence-electron chi connectivity index (χ4n) is 6.49. The lowest BCUT2D eigenvalue weighted by molar-refractivity contribution is 0.165. The fourth-order valence-corrected chi connectivity index (χ4v) is 8.80. The fraction of sp³-hybridized carbons (Fsp3) is 0.0476. The zero-order chi connectivity index (χ0) is 49.3. The van der Waals surface area contributed by atoms with Crippen LogP contribution in [0.5, 0.6) is 11.5 Å². The maximum absolute atomic E-state index is 12.5. The number of nitrogens with zero attached hydrogens (tertiary/aromatic N) is 6. The molecule has 7 rings (SSSR count). The van der Waals surface area contributed by atoms with Crippen LogP contribution in [0.2, 0.25) is 0 Å². The molecule has 0 unspecified atom stereocenters. The third kappa shape index (κ3) is 10.7. The van der Waals surface area contributed by atoms with E-state index in [1.807, 2.05) is 0 Å². The van der Waals surface area contributed by atoms with Crippen LogP contribution in [0.4, 0.5) is 39.8 Å². The smallest absolute Gasteiger partial charge is 0.296 e. The first-order valence-corrected chi connectivity index (χ1v) is 24.7. The van der Waals surface area contributed by atoms with Gasteiger partial charge in [-0.1, -0.05) is 25.3 Å². The lowest BCUT2D eigenvalue weighted by atomic mass is 10.1. The summed E-state index contributed by atoms with van der Waals surface area (Å²) in [5, 5.41) is 36.2. The summed E-state index contributed by atoms with van der Waals surface area (Å²) < 4.78 is 148. The lowest BCUT2D eigenvalue weighted by Crippen LogP contribution is -2.05. The van der Waals surface area contributed by atoms with Gasteiger partial charge in [0.1, 0.15) is 40.2 Å². The topological polar surface area (TPSA) is 356 Å². The first kappa shape index (κ1) is 48.4. The molecule has 350 valence electrons. The van der Waals surface area contributed by atoms with Crippen molar-refractivity contribution in [3.05, 3.63) is 128 Å². The Morgan fingerprint density at radius 3 is 1.50 bits per heavy atom. The Hall–Kier alpha value is -7.56. The minimum absolute atomic E-state index is 0.0307. The number of ether oxygens (including phenoxy) is 2. The van der Waals surface area contributed by atoms with Crippen molar-refractivity contribution >= 4 is 113 Å². The molecule has 26 heteroatoms. The largest absolute Gasteiger partial charge is 0.505 e. The van der Waals surface area contributed by atoms with Gasteiger partial charge in [0, 0.05) is 26.9 Å². The molecular weight excluding hydrogens is 971 g/mol. The highest BCUT2D eigenvalue weighted by Gasteiger charge is 2.25. The molecule has 0 fully saturated rings. The highest BCUT2D eigenvalue weighted by molar-refractivity contribution is 7.86. The van der Waals surface area contributed by atoms with Crippen molar-refractivity contribution in [2.75, 3.05) is 18.9 Å². The maximum atomic E-state index is 12.5. The molecule has 0 saturated carbocycles. The van der Waals surface area contributed by atoms with E-state index in [4.69, 9.17) is 15.2 Å². The molecule has 0 aliphatic rings. The average molecular weight is 1000 g/mol. The number of phenolic OH excluding ortho intramolecular Hbond substituents is 1. The van der Waals surface area contributed by atoms with Crippen LogP contribution in [-0.2, 0) is 45.2 Å². The molecule has 0 spiro atoms.